The molecule has 1 heterocycles. The van der Waals surface area contributed by atoms with Gasteiger partial charge in [0.2, 0.25) is 0 Å². The number of likely N-dealkylation sites (tertiary alicyclic amines) is 1. The van der Waals surface area contributed by atoms with Crippen molar-refractivity contribution < 1.29 is 0 Å². The first kappa shape index (κ1) is 16.3. The molecule has 2 aliphatic rings. The molecule has 0 bridgehead atoms. The van der Waals surface area contributed by atoms with Crippen LogP contribution in [0.15, 0.2) is 0 Å². The quantitative estimate of drug-likeness (QED) is 0.812. The molecule has 3 heteroatoms. The van der Waals surface area contributed by atoms with E-state index in [1.165, 1.54) is 64.8 Å². The molecule has 0 radical (unpaired) electrons. The van der Waals surface area contributed by atoms with E-state index in [-0.39, 0.29) is 0 Å². The summed E-state index contributed by atoms with van der Waals surface area (Å²) in [5.74, 6) is 0.914. The smallest absolute Gasteiger partial charge is 0.0235 e. The van der Waals surface area contributed by atoms with Crippen LogP contribution >= 0.6 is 0 Å². The highest BCUT2D eigenvalue weighted by atomic mass is 15.3. The second-order valence-corrected chi connectivity index (χ2v) is 7.29. The lowest BCUT2D eigenvalue weighted by Crippen LogP contribution is -2.45. The van der Waals surface area contributed by atoms with E-state index in [4.69, 9.17) is 5.73 Å². The zero-order chi connectivity index (χ0) is 14.6. The minimum atomic E-state index is 0.421. The summed E-state index contributed by atoms with van der Waals surface area (Å²) in [6, 6.07) is 0.780. The molecule has 0 aromatic carbocycles. The maximum atomic E-state index is 6.17. The van der Waals surface area contributed by atoms with E-state index < -0.39 is 0 Å². The Kier molecular flexibility index (Phi) is 5.88. The Bertz CT molecular complexity index is 280. The number of likely N-dealkylation sites (N-methyl/N-ethyl adjacent to an activating group) is 1. The van der Waals surface area contributed by atoms with Gasteiger partial charge in [-0.2, -0.15) is 0 Å². The molecule has 3 nitrogen and oxygen atoms in total. The van der Waals surface area contributed by atoms with Gasteiger partial charge in [-0.1, -0.05) is 33.6 Å². The molecule has 1 unspecified atom stereocenters. The van der Waals surface area contributed by atoms with E-state index in [9.17, 15) is 0 Å². The van der Waals surface area contributed by atoms with Gasteiger partial charge in [0, 0.05) is 19.1 Å². The van der Waals surface area contributed by atoms with E-state index in [1.807, 2.05) is 0 Å². The molecule has 1 aliphatic heterocycles. The maximum Gasteiger partial charge on any atom is 0.0235 e. The number of rotatable bonds is 6. The molecule has 1 aliphatic carbocycles. The second-order valence-electron chi connectivity index (χ2n) is 7.29. The van der Waals surface area contributed by atoms with Crippen LogP contribution in [0.1, 0.15) is 52.9 Å². The van der Waals surface area contributed by atoms with Crippen molar-refractivity contribution in [2.75, 3.05) is 39.3 Å². The predicted molar refractivity (Wildman–Crippen MR) is 86.9 cm³/mol. The summed E-state index contributed by atoms with van der Waals surface area (Å²) < 4.78 is 0. The predicted octanol–water partition coefficient (Wildman–Crippen LogP) is 2.56. The van der Waals surface area contributed by atoms with E-state index in [2.05, 4.69) is 30.6 Å². The van der Waals surface area contributed by atoms with E-state index in [1.54, 1.807) is 0 Å². The minimum absolute atomic E-state index is 0.421. The average molecular weight is 281 g/mol. The number of hydrogen-bond acceptors (Lipinski definition) is 3. The topological polar surface area (TPSA) is 32.5 Å². The fraction of sp³-hybridized carbons (Fsp3) is 1.00. The van der Waals surface area contributed by atoms with E-state index in [0.717, 1.165) is 18.5 Å². The fourth-order valence-corrected chi connectivity index (χ4v) is 4.27. The van der Waals surface area contributed by atoms with Crippen LogP contribution < -0.4 is 5.73 Å². The Labute approximate surface area is 125 Å². The molecule has 118 valence electrons. The largest absolute Gasteiger partial charge is 0.330 e. The summed E-state index contributed by atoms with van der Waals surface area (Å²) in [5.41, 5.74) is 6.59. The average Bonchev–Trinajstić information content (AvgIpc) is 2.91. The summed E-state index contributed by atoms with van der Waals surface area (Å²) in [6.45, 7) is 14.0. The number of nitrogens with two attached hydrogens (primary N) is 1. The van der Waals surface area contributed by atoms with Crippen molar-refractivity contribution in [1.82, 2.24) is 9.80 Å². The van der Waals surface area contributed by atoms with Gasteiger partial charge in [0.1, 0.15) is 0 Å². The molecule has 1 saturated carbocycles. The zero-order valence-corrected chi connectivity index (χ0v) is 13.9. The number of nitrogens with zero attached hydrogens (tertiary/aromatic N) is 2. The molecule has 20 heavy (non-hydrogen) atoms. The Morgan fingerprint density at radius 3 is 2.35 bits per heavy atom. The van der Waals surface area contributed by atoms with E-state index in [0.29, 0.717) is 5.41 Å². The van der Waals surface area contributed by atoms with Crippen molar-refractivity contribution in [2.45, 2.75) is 58.9 Å². The van der Waals surface area contributed by atoms with Crippen molar-refractivity contribution in [1.29, 1.82) is 0 Å². The van der Waals surface area contributed by atoms with Crippen molar-refractivity contribution in [2.24, 2.45) is 17.1 Å². The first-order valence-electron chi connectivity index (χ1n) is 8.79. The summed E-state index contributed by atoms with van der Waals surface area (Å²) in [5, 5.41) is 0. The van der Waals surface area contributed by atoms with Gasteiger partial charge in [-0.25, -0.2) is 0 Å². The monoisotopic (exact) mass is 281 g/mol. The third-order valence-electron chi connectivity index (χ3n) is 5.90. The fourth-order valence-electron chi connectivity index (χ4n) is 4.27. The van der Waals surface area contributed by atoms with Crippen molar-refractivity contribution in [3.8, 4) is 0 Å². The van der Waals surface area contributed by atoms with Crippen LogP contribution in [0, 0.1) is 11.3 Å². The lowest BCUT2D eigenvalue weighted by Gasteiger charge is -2.41. The van der Waals surface area contributed by atoms with Crippen LogP contribution in [0.25, 0.3) is 0 Å². The van der Waals surface area contributed by atoms with Crippen molar-refractivity contribution in [3.63, 3.8) is 0 Å². The van der Waals surface area contributed by atoms with Gasteiger partial charge in [-0.3, -0.25) is 4.90 Å². The Morgan fingerprint density at radius 1 is 1.15 bits per heavy atom. The lowest BCUT2D eigenvalue weighted by molar-refractivity contribution is 0.102. The number of hydrogen-bond donors (Lipinski definition) is 1. The van der Waals surface area contributed by atoms with Gasteiger partial charge in [0.25, 0.3) is 0 Å². The van der Waals surface area contributed by atoms with Gasteiger partial charge in [0.05, 0.1) is 0 Å². The Morgan fingerprint density at radius 2 is 1.80 bits per heavy atom. The molecule has 0 aromatic rings. The van der Waals surface area contributed by atoms with E-state index >= 15 is 0 Å². The first-order valence-corrected chi connectivity index (χ1v) is 8.79. The molecular formula is C17H35N3. The third kappa shape index (κ3) is 3.75. The minimum Gasteiger partial charge on any atom is -0.330 e. The van der Waals surface area contributed by atoms with Crippen LogP contribution in [0.3, 0.4) is 0 Å². The van der Waals surface area contributed by atoms with Crippen LogP contribution in [-0.2, 0) is 0 Å². The molecule has 2 N–H and O–H groups in total. The van der Waals surface area contributed by atoms with Crippen LogP contribution in [-0.4, -0.2) is 55.1 Å². The van der Waals surface area contributed by atoms with Crippen molar-refractivity contribution >= 4 is 0 Å². The van der Waals surface area contributed by atoms with Crippen molar-refractivity contribution in [3.05, 3.63) is 0 Å². The summed E-state index contributed by atoms with van der Waals surface area (Å²) in [7, 11) is 0. The van der Waals surface area contributed by atoms with Gasteiger partial charge in [-0.05, 0) is 56.8 Å². The SMILES string of the molecule is CCN(CC)C1CCN(CC2(CN)CCC(C)CC2)C1. The lowest BCUT2D eigenvalue weighted by atomic mass is 9.70. The molecule has 0 amide bonds. The Hall–Kier alpha value is -0.120. The van der Waals surface area contributed by atoms with Gasteiger partial charge >= 0.3 is 0 Å². The van der Waals surface area contributed by atoms with Gasteiger partial charge in [0.15, 0.2) is 0 Å². The molecule has 2 rings (SSSR count). The molecule has 0 spiro atoms. The van der Waals surface area contributed by atoms with Crippen LogP contribution in [0.2, 0.25) is 0 Å². The zero-order valence-electron chi connectivity index (χ0n) is 13.9. The third-order valence-corrected chi connectivity index (χ3v) is 5.90. The second kappa shape index (κ2) is 7.24. The highest BCUT2D eigenvalue weighted by Gasteiger charge is 2.37. The highest BCUT2D eigenvalue weighted by Crippen LogP contribution is 2.39. The summed E-state index contributed by atoms with van der Waals surface area (Å²) >= 11 is 0. The molecule has 0 aromatic heterocycles. The Balaban J connectivity index is 1.87. The molecule has 1 saturated heterocycles. The molecular weight excluding hydrogens is 246 g/mol. The highest BCUT2D eigenvalue weighted by molar-refractivity contribution is 4.92. The van der Waals surface area contributed by atoms with Gasteiger partial charge < -0.3 is 10.6 Å². The summed E-state index contributed by atoms with van der Waals surface area (Å²) in [6.07, 6.45) is 6.79. The molecule has 1 atom stereocenters. The first-order chi connectivity index (χ1) is 9.62. The molecule has 2 fully saturated rings. The normalized spacial score (nSPS) is 35.9. The van der Waals surface area contributed by atoms with Crippen LogP contribution in [0.4, 0.5) is 0 Å². The van der Waals surface area contributed by atoms with Gasteiger partial charge in [-0.15, -0.1) is 0 Å². The summed E-state index contributed by atoms with van der Waals surface area (Å²) in [4.78, 5) is 5.32. The van der Waals surface area contributed by atoms with Crippen LogP contribution in [0.5, 0.6) is 0 Å². The standard InChI is InChI=1S/C17H35N3/c1-4-20(5-2)16-8-11-19(12-16)14-17(13-18)9-6-15(3)7-10-17/h15-16H,4-14,18H2,1-3H3. The maximum absolute atomic E-state index is 6.17.